The van der Waals surface area contributed by atoms with Crippen molar-refractivity contribution in [2.75, 3.05) is 39.5 Å². The van der Waals surface area contributed by atoms with E-state index in [9.17, 15) is 15.3 Å². The highest BCUT2D eigenvalue weighted by molar-refractivity contribution is 4.83. The van der Waals surface area contributed by atoms with Gasteiger partial charge >= 0.3 is 0 Å². The molecular weight excluding hydrogens is 863 g/mol. The smallest absolute Gasteiger partial charge is 0.157 e. The van der Waals surface area contributed by atoms with Gasteiger partial charge in [-0.25, -0.2) is 0 Å². The first-order chi connectivity index (χ1) is 34.5. The van der Waals surface area contributed by atoms with Gasteiger partial charge in [-0.05, 0) is 135 Å². The number of rotatable bonds is 60. The number of nitrogens with zero attached hydrogens (tertiary/aromatic N) is 1. The fourth-order valence-electron chi connectivity index (χ4n) is 10.0. The van der Waals surface area contributed by atoms with E-state index in [0.717, 1.165) is 110 Å². The summed E-state index contributed by atoms with van der Waals surface area (Å²) in [6.45, 7) is 15.5. The first-order valence-corrected chi connectivity index (χ1v) is 31.4. The fourth-order valence-corrected chi connectivity index (χ4v) is 10.0. The second-order valence-electron chi connectivity index (χ2n) is 21.6. The lowest BCUT2D eigenvalue weighted by Gasteiger charge is -2.24. The maximum absolute atomic E-state index is 11.2. The minimum Gasteiger partial charge on any atom is -0.396 e. The summed E-state index contributed by atoms with van der Waals surface area (Å²) in [4.78, 5) is 2.62. The number of allylic oxidation sites excluding steroid dienone is 5. The molecule has 6 heteroatoms. The molecule has 0 aliphatic rings. The van der Waals surface area contributed by atoms with E-state index in [4.69, 9.17) is 9.47 Å². The van der Waals surface area contributed by atoms with Crippen LogP contribution in [0, 0.1) is 11.8 Å². The first kappa shape index (κ1) is 69.0. The average molecular weight is 989 g/mol. The van der Waals surface area contributed by atoms with Gasteiger partial charge in [-0.1, -0.05) is 225 Å². The Balaban J connectivity index is 4.61. The molecule has 4 unspecified atom stereocenters. The number of unbranched alkanes of at least 4 members (excludes halogenated alkanes) is 32. The molecule has 4 atom stereocenters. The Morgan fingerprint density at radius 1 is 0.357 bits per heavy atom. The molecule has 0 aliphatic carbocycles. The van der Waals surface area contributed by atoms with Crippen LogP contribution >= 0.6 is 0 Å². The van der Waals surface area contributed by atoms with E-state index in [2.05, 4.69) is 56.6 Å². The number of aliphatic hydroxyl groups excluding tert-OH is 3. The summed E-state index contributed by atoms with van der Waals surface area (Å²) in [5.74, 6) is 0.511. The second-order valence-corrected chi connectivity index (χ2v) is 21.6. The normalized spacial score (nSPS) is 13.9. The summed E-state index contributed by atoms with van der Waals surface area (Å²) in [6.07, 6.45) is 65.1. The summed E-state index contributed by atoms with van der Waals surface area (Å²) in [5, 5.41) is 31.8. The van der Waals surface area contributed by atoms with Gasteiger partial charge in [-0.15, -0.1) is 6.58 Å². The van der Waals surface area contributed by atoms with E-state index in [-0.39, 0.29) is 18.4 Å². The van der Waals surface area contributed by atoms with Crippen LogP contribution in [0.4, 0.5) is 0 Å². The van der Waals surface area contributed by atoms with Crippen molar-refractivity contribution in [3.8, 4) is 0 Å². The third-order valence-electron chi connectivity index (χ3n) is 14.8. The molecule has 0 bridgehead atoms. The monoisotopic (exact) mass is 988 g/mol. The molecule has 0 fully saturated rings. The maximum Gasteiger partial charge on any atom is 0.157 e. The largest absolute Gasteiger partial charge is 0.396 e. The predicted octanol–water partition coefficient (Wildman–Crippen LogP) is 19.1. The molecule has 0 rings (SSSR count). The van der Waals surface area contributed by atoms with E-state index in [1.807, 2.05) is 6.08 Å². The molecule has 0 amide bonds. The summed E-state index contributed by atoms with van der Waals surface area (Å²) in [7, 11) is 0. The standard InChI is InChI=1S/C64H125NO5/c1-5-9-13-17-21-25-27-31-35-43-53-61(51-41-33-29-23-19-15-11-7-3)63(67)69-59-49-39-37-45-55-65(57-47-48-58-66)56-46-38-40-50-60-70-64(68)62(52-42-34-30-24-20-16-12-8-4)54-44-36-32-28-26-22-18-14-10-6-2/h5,20-21,24-25,61-64,66-68H,1,6-19,22-23,26-60H2,2-4H3/b24-20+,25-21+. The number of hydrogen-bond donors (Lipinski definition) is 3. The van der Waals surface area contributed by atoms with Crippen molar-refractivity contribution in [3.05, 3.63) is 37.0 Å². The third-order valence-corrected chi connectivity index (χ3v) is 14.8. The molecule has 0 aromatic carbocycles. The van der Waals surface area contributed by atoms with Gasteiger partial charge in [0.2, 0.25) is 0 Å². The van der Waals surface area contributed by atoms with Gasteiger partial charge in [-0.3, -0.25) is 0 Å². The van der Waals surface area contributed by atoms with Crippen molar-refractivity contribution in [1.29, 1.82) is 0 Å². The van der Waals surface area contributed by atoms with Crippen LogP contribution in [-0.4, -0.2) is 72.3 Å². The van der Waals surface area contributed by atoms with Gasteiger partial charge in [-0.2, -0.15) is 0 Å². The first-order valence-electron chi connectivity index (χ1n) is 31.4. The molecule has 0 spiro atoms. The zero-order chi connectivity index (χ0) is 50.9. The van der Waals surface area contributed by atoms with Gasteiger partial charge in [0.25, 0.3) is 0 Å². The molecule has 70 heavy (non-hydrogen) atoms. The quantitative estimate of drug-likeness (QED) is 0.0320. The Bertz CT molecular complexity index is 1050. The maximum atomic E-state index is 11.2. The van der Waals surface area contributed by atoms with Crippen molar-refractivity contribution in [1.82, 2.24) is 4.90 Å². The van der Waals surface area contributed by atoms with Crippen LogP contribution in [0.3, 0.4) is 0 Å². The van der Waals surface area contributed by atoms with E-state index in [0.29, 0.717) is 13.2 Å². The molecule has 0 aromatic heterocycles. The molecule has 0 aliphatic heterocycles. The minimum absolute atomic E-state index is 0.255. The Morgan fingerprint density at radius 3 is 1.09 bits per heavy atom. The topological polar surface area (TPSA) is 82.4 Å². The minimum atomic E-state index is -0.633. The number of hydrogen-bond acceptors (Lipinski definition) is 6. The van der Waals surface area contributed by atoms with Crippen LogP contribution < -0.4 is 0 Å². The van der Waals surface area contributed by atoms with Crippen molar-refractivity contribution in [2.45, 2.75) is 322 Å². The summed E-state index contributed by atoms with van der Waals surface area (Å²) in [6, 6.07) is 0. The van der Waals surface area contributed by atoms with E-state index < -0.39 is 12.6 Å². The summed E-state index contributed by atoms with van der Waals surface area (Å²) >= 11 is 0. The molecule has 0 heterocycles. The van der Waals surface area contributed by atoms with Crippen molar-refractivity contribution in [2.24, 2.45) is 11.8 Å². The van der Waals surface area contributed by atoms with Crippen LogP contribution in [0.1, 0.15) is 310 Å². The highest BCUT2D eigenvalue weighted by Gasteiger charge is 2.20. The number of ether oxygens (including phenoxy) is 2. The van der Waals surface area contributed by atoms with E-state index in [1.54, 1.807) is 0 Å². The molecule has 6 nitrogen and oxygen atoms in total. The highest BCUT2D eigenvalue weighted by Crippen LogP contribution is 2.25. The van der Waals surface area contributed by atoms with Crippen LogP contribution in [0.15, 0.2) is 37.0 Å². The second kappa shape index (κ2) is 58.9. The van der Waals surface area contributed by atoms with Gasteiger partial charge in [0.1, 0.15) is 0 Å². The SMILES string of the molecule is C=CCCC/C=C/CCCCCC(CCCCCCCCCC)C(O)OCCCCCCN(CCCCO)CCCCCCOC(O)C(CCCC/C=C/CCCC)CCCCCCCCCCCC. The Hall–Kier alpha value is -1.02. The number of aliphatic hydroxyl groups is 3. The Morgan fingerprint density at radius 2 is 0.671 bits per heavy atom. The van der Waals surface area contributed by atoms with Crippen LogP contribution in [0.25, 0.3) is 0 Å². The van der Waals surface area contributed by atoms with Crippen molar-refractivity contribution >= 4 is 0 Å². The van der Waals surface area contributed by atoms with Gasteiger partial charge in [0.05, 0.1) is 0 Å². The molecular formula is C64H125NO5. The summed E-state index contributed by atoms with van der Waals surface area (Å²) in [5.41, 5.74) is 0. The molecule has 3 N–H and O–H groups in total. The Kier molecular flexibility index (Phi) is 58.0. The Labute approximate surface area is 438 Å². The lowest BCUT2D eigenvalue weighted by molar-refractivity contribution is -0.139. The fraction of sp³-hybridized carbons (Fsp3) is 0.906. The van der Waals surface area contributed by atoms with Crippen molar-refractivity contribution < 1.29 is 24.8 Å². The highest BCUT2D eigenvalue weighted by atomic mass is 16.6. The van der Waals surface area contributed by atoms with Crippen LogP contribution in [0.2, 0.25) is 0 Å². The molecule has 416 valence electrons. The van der Waals surface area contributed by atoms with E-state index >= 15 is 0 Å². The molecule has 0 aromatic rings. The van der Waals surface area contributed by atoms with E-state index in [1.165, 1.54) is 199 Å². The molecule has 0 saturated heterocycles. The van der Waals surface area contributed by atoms with Crippen LogP contribution in [-0.2, 0) is 9.47 Å². The third kappa shape index (κ3) is 50.5. The van der Waals surface area contributed by atoms with Gasteiger partial charge in [0.15, 0.2) is 12.6 Å². The zero-order valence-corrected chi connectivity index (χ0v) is 47.6. The molecule has 0 saturated carbocycles. The summed E-state index contributed by atoms with van der Waals surface area (Å²) < 4.78 is 12.3. The van der Waals surface area contributed by atoms with Crippen molar-refractivity contribution in [3.63, 3.8) is 0 Å². The molecule has 0 radical (unpaired) electrons. The lowest BCUT2D eigenvalue weighted by Crippen LogP contribution is -2.27. The average Bonchev–Trinajstić information content (AvgIpc) is 3.36. The predicted molar refractivity (Wildman–Crippen MR) is 308 cm³/mol. The lowest BCUT2D eigenvalue weighted by atomic mass is 9.93. The van der Waals surface area contributed by atoms with Gasteiger partial charge < -0.3 is 29.7 Å². The van der Waals surface area contributed by atoms with Gasteiger partial charge in [0, 0.05) is 31.7 Å². The van der Waals surface area contributed by atoms with Crippen LogP contribution in [0.5, 0.6) is 0 Å². The zero-order valence-electron chi connectivity index (χ0n) is 47.6.